The fraction of sp³-hybridized carbons (Fsp3) is 0.611. The average molecular weight is 348 g/mol. The van der Waals surface area contributed by atoms with E-state index in [9.17, 15) is 14.4 Å². The van der Waals surface area contributed by atoms with Crippen LogP contribution >= 0.6 is 0 Å². The van der Waals surface area contributed by atoms with Crippen LogP contribution in [0.1, 0.15) is 40.5 Å². The molecule has 0 aromatic rings. The Morgan fingerprint density at radius 2 is 1.72 bits per heavy atom. The number of rotatable bonds is 3. The smallest absolute Gasteiger partial charge is 0.429 e. The van der Waals surface area contributed by atoms with Gasteiger partial charge in [0.25, 0.3) is 0 Å². The summed E-state index contributed by atoms with van der Waals surface area (Å²) in [4.78, 5) is 36.3. The number of carbonyl (C=O) groups is 3. The van der Waals surface area contributed by atoms with E-state index in [0.717, 1.165) is 17.6 Å². The minimum absolute atomic E-state index is 0.0138. The summed E-state index contributed by atoms with van der Waals surface area (Å²) in [5.74, 6) is 0.252. The quantitative estimate of drug-likeness (QED) is 0.793. The van der Waals surface area contributed by atoms with Gasteiger partial charge in [-0.15, -0.1) is 0 Å². The highest BCUT2D eigenvalue weighted by Gasteiger charge is 2.56. The lowest BCUT2D eigenvalue weighted by molar-refractivity contribution is -0.114. The maximum Gasteiger partial charge on any atom is 0.429 e. The topological polar surface area (TPSA) is 84.9 Å². The molecular formula is C18H24N2O5. The number of hydrazine groups is 1. The molecule has 0 aromatic carbocycles. The molecule has 7 heteroatoms. The molecule has 3 aliphatic carbocycles. The number of Topliss-reactive ketones (excluding diaryl/α,β-unsaturated/α-hetero) is 1. The van der Waals surface area contributed by atoms with Gasteiger partial charge in [0.1, 0.15) is 0 Å². The number of hydrogen-bond acceptors (Lipinski definition) is 5. The molecule has 3 atom stereocenters. The number of fused-ring (bicyclic) bond motifs is 2. The van der Waals surface area contributed by atoms with Crippen LogP contribution in [0, 0.1) is 11.8 Å². The van der Waals surface area contributed by atoms with E-state index in [1.165, 1.54) is 5.01 Å². The second-order valence-electron chi connectivity index (χ2n) is 7.21. The van der Waals surface area contributed by atoms with Gasteiger partial charge in [-0.05, 0) is 39.7 Å². The molecule has 2 unspecified atom stereocenters. The molecular weight excluding hydrogens is 324 g/mol. The lowest BCUT2D eigenvalue weighted by atomic mass is 10.0. The molecule has 136 valence electrons. The molecule has 3 aliphatic rings. The monoisotopic (exact) mass is 348 g/mol. The third-order valence-electron chi connectivity index (χ3n) is 4.50. The first kappa shape index (κ1) is 17.5. The fourth-order valence-electron chi connectivity index (χ4n) is 3.44. The van der Waals surface area contributed by atoms with Gasteiger partial charge in [0.15, 0.2) is 5.78 Å². The molecule has 0 radical (unpaired) electrons. The molecule has 0 aromatic heterocycles. The molecule has 3 rings (SSSR count). The van der Waals surface area contributed by atoms with Crippen molar-refractivity contribution in [3.63, 3.8) is 0 Å². The number of allylic oxidation sites excluding steroid dienone is 2. The van der Waals surface area contributed by atoms with Crippen molar-refractivity contribution in [1.29, 1.82) is 0 Å². The third-order valence-corrected chi connectivity index (χ3v) is 4.50. The van der Waals surface area contributed by atoms with Crippen LogP contribution in [0.2, 0.25) is 0 Å². The Morgan fingerprint density at radius 1 is 1.08 bits per heavy atom. The van der Waals surface area contributed by atoms with E-state index in [-0.39, 0.29) is 35.9 Å². The molecule has 0 aliphatic heterocycles. The summed E-state index contributed by atoms with van der Waals surface area (Å²) in [5.41, 5.74) is 4.32. The van der Waals surface area contributed by atoms with Crippen molar-refractivity contribution < 1.29 is 23.9 Å². The highest BCUT2D eigenvalue weighted by Crippen LogP contribution is 2.51. The lowest BCUT2D eigenvalue weighted by Crippen LogP contribution is -2.50. The fourth-order valence-corrected chi connectivity index (χ4v) is 3.44. The number of hydrogen-bond donors (Lipinski definition) is 1. The first-order chi connectivity index (χ1) is 11.8. The van der Waals surface area contributed by atoms with Crippen LogP contribution in [-0.4, -0.2) is 41.2 Å². The van der Waals surface area contributed by atoms with Gasteiger partial charge >= 0.3 is 12.2 Å². The zero-order valence-electron chi connectivity index (χ0n) is 14.9. The van der Waals surface area contributed by atoms with Crippen LogP contribution in [0.25, 0.3) is 0 Å². The Kier molecular flexibility index (Phi) is 4.58. The maximum absolute atomic E-state index is 12.4. The first-order valence-electron chi connectivity index (χ1n) is 8.71. The van der Waals surface area contributed by atoms with Crippen LogP contribution in [0.4, 0.5) is 9.59 Å². The molecule has 7 nitrogen and oxygen atoms in total. The molecule has 0 spiro atoms. The van der Waals surface area contributed by atoms with Crippen LogP contribution in [0.15, 0.2) is 23.3 Å². The van der Waals surface area contributed by atoms with Gasteiger partial charge in [0.05, 0.1) is 18.2 Å². The van der Waals surface area contributed by atoms with Crippen LogP contribution in [0.5, 0.6) is 0 Å². The number of nitrogens with zero attached hydrogens (tertiary/aromatic N) is 1. The Bertz CT molecular complexity index is 664. The molecule has 0 saturated heterocycles. The third kappa shape index (κ3) is 3.55. The standard InChI is InChI=1S/C18H24N2O5/c1-9(2)24-17(22)19-20(18(23)25-10(3)4)16-13-7-11-5-6-15(21)12(11)8-14(13)16/h7-10,13-14,16H,5-6H2,1-4H3,(H,19,22)/t13?,14?,16-/m0/s1. The number of carbonyl (C=O) groups excluding carboxylic acids is 3. The molecule has 2 saturated carbocycles. The predicted octanol–water partition coefficient (Wildman–Crippen LogP) is 2.73. The minimum Gasteiger partial charge on any atom is -0.446 e. The van der Waals surface area contributed by atoms with Crippen molar-refractivity contribution in [3.8, 4) is 0 Å². The molecule has 0 bridgehead atoms. The summed E-state index contributed by atoms with van der Waals surface area (Å²) < 4.78 is 10.3. The molecule has 25 heavy (non-hydrogen) atoms. The van der Waals surface area contributed by atoms with Crippen molar-refractivity contribution in [3.05, 3.63) is 23.3 Å². The highest BCUT2D eigenvalue weighted by molar-refractivity contribution is 6.03. The minimum atomic E-state index is -0.698. The summed E-state index contributed by atoms with van der Waals surface area (Å²) in [6.45, 7) is 6.95. The van der Waals surface area contributed by atoms with Gasteiger partial charge in [-0.2, -0.15) is 0 Å². The predicted molar refractivity (Wildman–Crippen MR) is 89.4 cm³/mol. The first-order valence-corrected chi connectivity index (χ1v) is 8.71. The lowest BCUT2D eigenvalue weighted by Gasteiger charge is -2.24. The maximum atomic E-state index is 12.4. The van der Waals surface area contributed by atoms with Gasteiger partial charge in [0, 0.05) is 23.8 Å². The van der Waals surface area contributed by atoms with E-state index >= 15 is 0 Å². The summed E-state index contributed by atoms with van der Waals surface area (Å²) in [5, 5.41) is 1.21. The Balaban J connectivity index is 1.76. The molecule has 0 heterocycles. The van der Waals surface area contributed by atoms with E-state index in [4.69, 9.17) is 9.47 Å². The second-order valence-corrected chi connectivity index (χ2v) is 7.21. The van der Waals surface area contributed by atoms with Gasteiger partial charge < -0.3 is 9.47 Å². The van der Waals surface area contributed by atoms with E-state index in [0.29, 0.717) is 6.42 Å². The van der Waals surface area contributed by atoms with Gasteiger partial charge in [-0.1, -0.05) is 12.2 Å². The Hall–Kier alpha value is -2.31. The van der Waals surface area contributed by atoms with E-state index in [1.807, 2.05) is 6.08 Å². The van der Waals surface area contributed by atoms with Crippen molar-refractivity contribution in [1.82, 2.24) is 10.4 Å². The summed E-state index contributed by atoms with van der Waals surface area (Å²) in [6.07, 6.45) is 3.37. The highest BCUT2D eigenvalue weighted by atomic mass is 16.6. The van der Waals surface area contributed by atoms with Crippen molar-refractivity contribution >= 4 is 18.0 Å². The second kappa shape index (κ2) is 6.54. The van der Waals surface area contributed by atoms with Crippen LogP contribution in [-0.2, 0) is 14.3 Å². The van der Waals surface area contributed by atoms with Crippen molar-refractivity contribution in [2.75, 3.05) is 0 Å². The zero-order valence-corrected chi connectivity index (χ0v) is 14.9. The van der Waals surface area contributed by atoms with Crippen molar-refractivity contribution in [2.45, 2.75) is 58.8 Å². The van der Waals surface area contributed by atoms with Gasteiger partial charge in [-0.25, -0.2) is 20.0 Å². The van der Waals surface area contributed by atoms with Gasteiger partial charge in [-0.3, -0.25) is 4.79 Å². The molecule has 2 fully saturated rings. The number of amides is 2. The van der Waals surface area contributed by atoms with Gasteiger partial charge in [0.2, 0.25) is 0 Å². The Morgan fingerprint density at radius 3 is 2.36 bits per heavy atom. The van der Waals surface area contributed by atoms with E-state index < -0.39 is 12.2 Å². The normalized spacial score (nSPS) is 26.5. The Labute approximate surface area is 147 Å². The number of nitrogens with one attached hydrogen (secondary N) is 1. The van der Waals surface area contributed by atoms with Crippen LogP contribution in [0.3, 0.4) is 0 Å². The average Bonchev–Trinajstić information content (AvgIpc) is 3.08. The van der Waals surface area contributed by atoms with Crippen LogP contribution < -0.4 is 5.43 Å². The zero-order chi connectivity index (χ0) is 18.3. The molecule has 1 N–H and O–H groups in total. The molecule has 2 amide bonds. The van der Waals surface area contributed by atoms with Crippen molar-refractivity contribution in [2.24, 2.45) is 11.8 Å². The van der Waals surface area contributed by atoms with E-state index in [2.05, 4.69) is 11.5 Å². The summed E-state index contributed by atoms with van der Waals surface area (Å²) >= 11 is 0. The van der Waals surface area contributed by atoms with E-state index in [1.54, 1.807) is 27.7 Å². The summed E-state index contributed by atoms with van der Waals surface area (Å²) in [7, 11) is 0. The summed E-state index contributed by atoms with van der Waals surface area (Å²) in [6, 6.07) is -0.260. The SMILES string of the molecule is CC(C)OC(=O)NN(C(=O)OC(C)C)[C@H]1C2C=C3CCC(=O)C3=CC21. The number of ketones is 1. The number of ether oxygens (including phenoxy) is 2. The largest absolute Gasteiger partial charge is 0.446 e.